The van der Waals surface area contributed by atoms with Crippen molar-refractivity contribution in [3.8, 4) is 0 Å². The zero-order valence-electron chi connectivity index (χ0n) is 13.8. The Kier molecular flexibility index (Phi) is 3.45. The van der Waals surface area contributed by atoms with Crippen molar-refractivity contribution < 1.29 is 4.74 Å². The highest BCUT2D eigenvalue weighted by molar-refractivity contribution is 7.15. The zero-order chi connectivity index (χ0) is 16.1. The number of rotatable bonds is 2. The molecule has 0 aromatic carbocycles. The van der Waals surface area contributed by atoms with E-state index in [9.17, 15) is 0 Å². The Bertz CT molecular complexity index is 726. The van der Waals surface area contributed by atoms with Gasteiger partial charge in [0, 0.05) is 56.2 Å². The minimum atomic E-state index is 0.706. The second-order valence-corrected chi connectivity index (χ2v) is 8.08. The molecule has 7 heteroatoms. The predicted molar refractivity (Wildman–Crippen MR) is 93.6 cm³/mol. The molecule has 3 aliphatic heterocycles. The molecule has 2 aromatic rings. The van der Waals surface area contributed by atoms with Crippen LogP contribution in [-0.4, -0.2) is 47.7 Å². The molecule has 126 valence electrons. The van der Waals surface area contributed by atoms with Crippen molar-refractivity contribution in [2.24, 2.45) is 11.8 Å². The number of nitrogens with zero attached hydrogens (tertiary/aromatic N) is 5. The van der Waals surface area contributed by atoms with Crippen molar-refractivity contribution in [2.45, 2.75) is 20.0 Å². The Balaban J connectivity index is 1.29. The molecular formula is C17H21N5OS. The molecule has 2 saturated heterocycles. The van der Waals surface area contributed by atoms with Gasteiger partial charge in [-0.1, -0.05) is 11.3 Å². The van der Waals surface area contributed by atoms with Gasteiger partial charge in [0.25, 0.3) is 0 Å². The molecule has 2 aromatic heterocycles. The normalized spacial score (nSPS) is 25.9. The van der Waals surface area contributed by atoms with Gasteiger partial charge in [0.05, 0.1) is 23.8 Å². The summed E-state index contributed by atoms with van der Waals surface area (Å²) in [6, 6.07) is 2.09. The van der Waals surface area contributed by atoms with Crippen LogP contribution in [0.1, 0.15) is 16.3 Å². The summed E-state index contributed by atoms with van der Waals surface area (Å²) in [4.78, 5) is 19.8. The summed E-state index contributed by atoms with van der Waals surface area (Å²) >= 11 is 1.83. The third-order valence-electron chi connectivity index (χ3n) is 5.35. The van der Waals surface area contributed by atoms with E-state index in [2.05, 4.69) is 25.8 Å². The predicted octanol–water partition coefficient (Wildman–Crippen LogP) is 1.89. The van der Waals surface area contributed by atoms with E-state index >= 15 is 0 Å². The van der Waals surface area contributed by atoms with E-state index in [-0.39, 0.29) is 0 Å². The van der Waals surface area contributed by atoms with Gasteiger partial charge in [-0.05, 0) is 6.92 Å². The molecule has 2 unspecified atom stereocenters. The van der Waals surface area contributed by atoms with Crippen LogP contribution >= 0.6 is 11.3 Å². The lowest BCUT2D eigenvalue weighted by Crippen LogP contribution is -2.29. The fraction of sp³-hybridized carbons (Fsp3) is 0.588. The molecule has 0 N–H and O–H groups in total. The zero-order valence-corrected chi connectivity index (χ0v) is 14.6. The van der Waals surface area contributed by atoms with Crippen LogP contribution < -0.4 is 9.80 Å². The number of anilines is 2. The summed E-state index contributed by atoms with van der Waals surface area (Å²) in [5.74, 6) is 2.49. The Morgan fingerprint density at radius 2 is 1.92 bits per heavy atom. The second-order valence-electron chi connectivity index (χ2n) is 7.02. The molecule has 0 saturated carbocycles. The number of ether oxygens (including phenoxy) is 1. The average molecular weight is 343 g/mol. The molecule has 0 amide bonds. The van der Waals surface area contributed by atoms with Crippen LogP contribution in [-0.2, 0) is 17.8 Å². The number of aryl methyl sites for hydroxylation is 1. The van der Waals surface area contributed by atoms with Crippen molar-refractivity contribution in [3.05, 3.63) is 28.7 Å². The molecule has 3 aliphatic rings. The summed E-state index contributed by atoms with van der Waals surface area (Å²) < 4.78 is 5.55. The number of fused-ring (bicyclic) bond motifs is 2. The van der Waals surface area contributed by atoms with E-state index in [0.717, 1.165) is 57.3 Å². The lowest BCUT2D eigenvalue weighted by atomic mass is 10.0. The molecule has 0 aliphatic carbocycles. The smallest absolute Gasteiger partial charge is 0.185 e. The summed E-state index contributed by atoms with van der Waals surface area (Å²) in [5.41, 5.74) is 2.30. The lowest BCUT2D eigenvalue weighted by Gasteiger charge is -2.22. The molecular weight excluding hydrogens is 322 g/mol. The van der Waals surface area contributed by atoms with Gasteiger partial charge in [-0.25, -0.2) is 15.0 Å². The SMILES string of the molecule is Cc1cc(N2CC3CN(c4nc5c(s4)COCC5)CC3C2)ncn1. The number of aromatic nitrogens is 3. The number of thiazole rings is 1. The molecule has 0 spiro atoms. The Hall–Kier alpha value is -1.73. The first-order chi connectivity index (χ1) is 11.8. The highest BCUT2D eigenvalue weighted by Gasteiger charge is 2.41. The maximum atomic E-state index is 5.55. The first kappa shape index (κ1) is 14.6. The van der Waals surface area contributed by atoms with Crippen molar-refractivity contribution in [3.63, 3.8) is 0 Å². The highest BCUT2D eigenvalue weighted by Crippen LogP contribution is 2.38. The van der Waals surface area contributed by atoms with Crippen LogP contribution in [0, 0.1) is 18.8 Å². The van der Waals surface area contributed by atoms with Crippen LogP contribution in [0.3, 0.4) is 0 Å². The maximum absolute atomic E-state index is 5.55. The molecule has 0 radical (unpaired) electrons. The van der Waals surface area contributed by atoms with Crippen molar-refractivity contribution in [1.82, 2.24) is 15.0 Å². The molecule has 6 nitrogen and oxygen atoms in total. The maximum Gasteiger partial charge on any atom is 0.185 e. The molecule has 5 heterocycles. The van der Waals surface area contributed by atoms with E-state index in [1.807, 2.05) is 18.3 Å². The van der Waals surface area contributed by atoms with Crippen molar-refractivity contribution >= 4 is 22.3 Å². The van der Waals surface area contributed by atoms with Gasteiger partial charge in [-0.3, -0.25) is 0 Å². The summed E-state index contributed by atoms with van der Waals surface area (Å²) in [6.07, 6.45) is 2.64. The van der Waals surface area contributed by atoms with Gasteiger partial charge < -0.3 is 14.5 Å². The topological polar surface area (TPSA) is 54.4 Å². The van der Waals surface area contributed by atoms with Crippen LogP contribution in [0.25, 0.3) is 0 Å². The van der Waals surface area contributed by atoms with E-state index in [1.54, 1.807) is 6.33 Å². The third kappa shape index (κ3) is 2.46. The van der Waals surface area contributed by atoms with E-state index in [1.165, 1.54) is 15.7 Å². The summed E-state index contributed by atoms with van der Waals surface area (Å²) in [7, 11) is 0. The number of hydrogen-bond acceptors (Lipinski definition) is 7. The largest absolute Gasteiger partial charge is 0.375 e. The van der Waals surface area contributed by atoms with Gasteiger partial charge in [0.1, 0.15) is 12.1 Å². The Morgan fingerprint density at radius 3 is 2.67 bits per heavy atom. The summed E-state index contributed by atoms with van der Waals surface area (Å²) in [5, 5.41) is 1.20. The van der Waals surface area contributed by atoms with Gasteiger partial charge in [0.15, 0.2) is 5.13 Å². The van der Waals surface area contributed by atoms with Crippen LogP contribution in [0.15, 0.2) is 12.4 Å². The summed E-state index contributed by atoms with van der Waals surface area (Å²) in [6.45, 7) is 7.98. The fourth-order valence-electron chi connectivity index (χ4n) is 4.10. The quantitative estimate of drug-likeness (QED) is 0.830. The first-order valence-corrected chi connectivity index (χ1v) is 9.43. The Morgan fingerprint density at radius 1 is 1.12 bits per heavy atom. The van der Waals surface area contributed by atoms with Crippen LogP contribution in [0.5, 0.6) is 0 Å². The molecule has 5 rings (SSSR count). The lowest BCUT2D eigenvalue weighted by molar-refractivity contribution is 0.112. The van der Waals surface area contributed by atoms with Gasteiger partial charge in [-0.15, -0.1) is 0 Å². The first-order valence-electron chi connectivity index (χ1n) is 8.61. The van der Waals surface area contributed by atoms with Gasteiger partial charge in [-0.2, -0.15) is 0 Å². The van der Waals surface area contributed by atoms with Gasteiger partial charge >= 0.3 is 0 Å². The fourth-order valence-corrected chi connectivity index (χ4v) is 5.16. The van der Waals surface area contributed by atoms with Crippen LogP contribution in [0.4, 0.5) is 10.9 Å². The van der Waals surface area contributed by atoms with E-state index in [4.69, 9.17) is 9.72 Å². The molecule has 24 heavy (non-hydrogen) atoms. The molecule has 0 bridgehead atoms. The van der Waals surface area contributed by atoms with Gasteiger partial charge in [0.2, 0.25) is 0 Å². The Labute approximate surface area is 145 Å². The van der Waals surface area contributed by atoms with E-state index in [0.29, 0.717) is 11.8 Å². The molecule has 2 atom stereocenters. The molecule has 2 fully saturated rings. The average Bonchev–Trinajstić information content (AvgIpc) is 3.26. The minimum absolute atomic E-state index is 0.706. The highest BCUT2D eigenvalue weighted by atomic mass is 32.1. The van der Waals surface area contributed by atoms with E-state index < -0.39 is 0 Å². The monoisotopic (exact) mass is 343 g/mol. The van der Waals surface area contributed by atoms with Crippen LogP contribution in [0.2, 0.25) is 0 Å². The van der Waals surface area contributed by atoms with Crippen molar-refractivity contribution in [2.75, 3.05) is 42.6 Å². The van der Waals surface area contributed by atoms with Crippen molar-refractivity contribution in [1.29, 1.82) is 0 Å². The minimum Gasteiger partial charge on any atom is -0.375 e. The standard InChI is InChI=1S/C17H21N5OS/c1-11-4-16(19-10-18-11)21-5-12-7-22(8-13(12)6-21)17-20-14-2-3-23-9-15(14)24-17/h4,10,12-13H,2-3,5-9H2,1H3. The third-order valence-corrected chi connectivity index (χ3v) is 6.49. The second kappa shape index (κ2) is 5.67. The number of hydrogen-bond donors (Lipinski definition) is 0.